The summed E-state index contributed by atoms with van der Waals surface area (Å²) < 4.78 is 0. The molecule has 1 aliphatic rings. The quantitative estimate of drug-likeness (QED) is 0.586. The van der Waals surface area contributed by atoms with Gasteiger partial charge in [-0.25, -0.2) is 0 Å². The molecule has 14 heavy (non-hydrogen) atoms. The Kier molecular flexibility index (Phi) is 5.49. The summed E-state index contributed by atoms with van der Waals surface area (Å²) in [4.78, 5) is 0. The van der Waals surface area contributed by atoms with E-state index < -0.39 is 0 Å². The molecule has 3 atom stereocenters. The summed E-state index contributed by atoms with van der Waals surface area (Å²) in [5.41, 5.74) is 5.57. The molecule has 3 N–H and O–H groups in total. The number of rotatable bonds is 8. The van der Waals surface area contributed by atoms with Crippen molar-refractivity contribution in [1.82, 2.24) is 5.32 Å². The van der Waals surface area contributed by atoms with Crippen molar-refractivity contribution >= 4 is 0 Å². The first kappa shape index (κ1) is 12.0. The molecule has 1 fully saturated rings. The second kappa shape index (κ2) is 6.41. The van der Waals surface area contributed by atoms with Gasteiger partial charge in [0.25, 0.3) is 0 Å². The van der Waals surface area contributed by atoms with Crippen molar-refractivity contribution in [1.29, 1.82) is 0 Å². The first-order valence-corrected chi connectivity index (χ1v) is 6.21. The molecule has 3 unspecified atom stereocenters. The predicted octanol–water partition coefficient (Wildman–Crippen LogP) is 2.14. The lowest BCUT2D eigenvalue weighted by Gasteiger charge is -2.13. The van der Waals surface area contributed by atoms with Gasteiger partial charge in [-0.1, -0.05) is 20.3 Å². The molecule has 1 aliphatic carbocycles. The number of nitrogens with two attached hydrogens (primary N) is 1. The van der Waals surface area contributed by atoms with E-state index in [0.29, 0.717) is 0 Å². The first-order valence-electron chi connectivity index (χ1n) is 6.21. The molecule has 0 saturated heterocycles. The highest BCUT2D eigenvalue weighted by Crippen LogP contribution is 2.28. The minimum absolute atomic E-state index is 0.838. The molecule has 0 amide bonds. The summed E-state index contributed by atoms with van der Waals surface area (Å²) in [6.07, 6.45) is 6.55. The Morgan fingerprint density at radius 1 is 1.43 bits per heavy atom. The summed E-state index contributed by atoms with van der Waals surface area (Å²) in [5, 5.41) is 3.60. The molecule has 2 heteroatoms. The lowest BCUT2D eigenvalue weighted by atomic mass is 9.97. The van der Waals surface area contributed by atoms with Crippen LogP contribution < -0.4 is 11.1 Å². The van der Waals surface area contributed by atoms with Crippen LogP contribution in [0.1, 0.15) is 46.0 Å². The number of hydrogen-bond acceptors (Lipinski definition) is 2. The van der Waals surface area contributed by atoms with Crippen LogP contribution in [-0.4, -0.2) is 19.1 Å². The van der Waals surface area contributed by atoms with E-state index in [9.17, 15) is 0 Å². The van der Waals surface area contributed by atoms with Gasteiger partial charge in [0.1, 0.15) is 0 Å². The molecule has 0 radical (unpaired) electrons. The van der Waals surface area contributed by atoms with Gasteiger partial charge in [-0.05, 0) is 50.6 Å². The van der Waals surface area contributed by atoms with Crippen LogP contribution in [-0.2, 0) is 0 Å². The fraction of sp³-hybridized carbons (Fsp3) is 1.00. The van der Waals surface area contributed by atoms with Crippen LogP contribution >= 0.6 is 0 Å². The third-order valence-electron chi connectivity index (χ3n) is 3.46. The molecule has 1 saturated carbocycles. The molecule has 0 aromatic rings. The van der Waals surface area contributed by atoms with Gasteiger partial charge >= 0.3 is 0 Å². The van der Waals surface area contributed by atoms with Gasteiger partial charge in [0, 0.05) is 6.04 Å². The third kappa shape index (κ3) is 4.43. The van der Waals surface area contributed by atoms with Crippen molar-refractivity contribution < 1.29 is 0 Å². The van der Waals surface area contributed by atoms with Crippen LogP contribution in [0, 0.1) is 11.8 Å². The van der Waals surface area contributed by atoms with Crippen molar-refractivity contribution in [3.8, 4) is 0 Å². The Morgan fingerprint density at radius 3 is 2.64 bits per heavy atom. The fourth-order valence-electron chi connectivity index (χ4n) is 2.07. The molecule has 0 heterocycles. The van der Waals surface area contributed by atoms with Crippen molar-refractivity contribution in [3.63, 3.8) is 0 Å². The number of nitrogens with one attached hydrogen (secondary N) is 1. The van der Waals surface area contributed by atoms with Crippen LogP contribution in [0.3, 0.4) is 0 Å². The van der Waals surface area contributed by atoms with Crippen LogP contribution in [0.25, 0.3) is 0 Å². The van der Waals surface area contributed by atoms with Crippen LogP contribution in [0.5, 0.6) is 0 Å². The van der Waals surface area contributed by atoms with Gasteiger partial charge < -0.3 is 11.1 Å². The third-order valence-corrected chi connectivity index (χ3v) is 3.46. The topological polar surface area (TPSA) is 38.0 Å². The minimum atomic E-state index is 0.838. The minimum Gasteiger partial charge on any atom is -0.330 e. The molecule has 2 nitrogen and oxygen atoms in total. The standard InChI is InChI=1S/C12H26N2/c1-3-11(6-7-13)5-4-8-14-12-9-10(12)2/h10-12,14H,3-9,13H2,1-2H3. The zero-order valence-corrected chi connectivity index (χ0v) is 9.76. The maximum Gasteiger partial charge on any atom is 0.00963 e. The highest BCUT2D eigenvalue weighted by atomic mass is 15.0. The highest BCUT2D eigenvalue weighted by molar-refractivity contribution is 4.89. The van der Waals surface area contributed by atoms with E-state index in [0.717, 1.165) is 24.4 Å². The molecule has 84 valence electrons. The largest absolute Gasteiger partial charge is 0.330 e. The van der Waals surface area contributed by atoms with Gasteiger partial charge in [0.05, 0.1) is 0 Å². The van der Waals surface area contributed by atoms with Crippen molar-refractivity contribution in [2.45, 2.75) is 52.0 Å². The van der Waals surface area contributed by atoms with E-state index in [1.165, 1.54) is 38.6 Å². The predicted molar refractivity (Wildman–Crippen MR) is 62.3 cm³/mol. The Morgan fingerprint density at radius 2 is 2.14 bits per heavy atom. The molecule has 1 rings (SSSR count). The second-order valence-corrected chi connectivity index (χ2v) is 4.77. The average Bonchev–Trinajstić information content (AvgIpc) is 2.87. The van der Waals surface area contributed by atoms with Crippen molar-refractivity contribution in [2.24, 2.45) is 17.6 Å². The maximum atomic E-state index is 5.57. The fourth-order valence-corrected chi connectivity index (χ4v) is 2.07. The maximum absolute atomic E-state index is 5.57. The van der Waals surface area contributed by atoms with Gasteiger partial charge in [-0.15, -0.1) is 0 Å². The van der Waals surface area contributed by atoms with Gasteiger partial charge in [-0.3, -0.25) is 0 Å². The molecule has 0 aromatic carbocycles. The van der Waals surface area contributed by atoms with Crippen LogP contribution in [0.2, 0.25) is 0 Å². The lowest BCUT2D eigenvalue weighted by molar-refractivity contribution is 0.421. The van der Waals surface area contributed by atoms with Gasteiger partial charge in [-0.2, -0.15) is 0 Å². The molecular formula is C12H26N2. The molecule has 0 aromatic heterocycles. The van der Waals surface area contributed by atoms with Crippen molar-refractivity contribution in [2.75, 3.05) is 13.1 Å². The normalized spacial score (nSPS) is 27.6. The molecule has 0 aliphatic heterocycles. The van der Waals surface area contributed by atoms with Crippen LogP contribution in [0.15, 0.2) is 0 Å². The van der Waals surface area contributed by atoms with E-state index in [2.05, 4.69) is 19.2 Å². The molecule has 0 spiro atoms. The Hall–Kier alpha value is -0.0800. The number of hydrogen-bond donors (Lipinski definition) is 2. The van der Waals surface area contributed by atoms with Gasteiger partial charge in [0.2, 0.25) is 0 Å². The summed E-state index contributed by atoms with van der Waals surface area (Å²) in [6, 6.07) is 0.838. The monoisotopic (exact) mass is 198 g/mol. The van der Waals surface area contributed by atoms with E-state index in [1.807, 2.05) is 0 Å². The van der Waals surface area contributed by atoms with Crippen molar-refractivity contribution in [3.05, 3.63) is 0 Å². The first-order chi connectivity index (χ1) is 6.77. The summed E-state index contributed by atoms with van der Waals surface area (Å²) in [6.45, 7) is 6.65. The molecule has 0 bridgehead atoms. The zero-order valence-electron chi connectivity index (χ0n) is 9.76. The average molecular weight is 198 g/mol. The van der Waals surface area contributed by atoms with E-state index in [1.54, 1.807) is 0 Å². The van der Waals surface area contributed by atoms with E-state index in [-0.39, 0.29) is 0 Å². The zero-order chi connectivity index (χ0) is 10.4. The summed E-state index contributed by atoms with van der Waals surface area (Å²) in [5.74, 6) is 1.79. The summed E-state index contributed by atoms with van der Waals surface area (Å²) >= 11 is 0. The summed E-state index contributed by atoms with van der Waals surface area (Å²) in [7, 11) is 0. The van der Waals surface area contributed by atoms with E-state index in [4.69, 9.17) is 5.73 Å². The Bertz CT molecular complexity index is 147. The smallest absolute Gasteiger partial charge is 0.00963 e. The highest BCUT2D eigenvalue weighted by Gasteiger charge is 2.31. The lowest BCUT2D eigenvalue weighted by Crippen LogP contribution is -2.20. The Labute approximate surface area is 88.6 Å². The second-order valence-electron chi connectivity index (χ2n) is 4.77. The van der Waals surface area contributed by atoms with Gasteiger partial charge in [0.15, 0.2) is 0 Å². The Balaban J connectivity index is 1.90. The molecular weight excluding hydrogens is 172 g/mol. The van der Waals surface area contributed by atoms with E-state index >= 15 is 0 Å². The SMILES string of the molecule is CCC(CCN)CCCNC1CC1C. The van der Waals surface area contributed by atoms with Crippen LogP contribution in [0.4, 0.5) is 0 Å².